The van der Waals surface area contributed by atoms with E-state index in [-0.39, 0.29) is 37.8 Å². The highest BCUT2D eigenvalue weighted by Crippen LogP contribution is 2.42. The van der Waals surface area contributed by atoms with Gasteiger partial charge in [0.25, 0.3) is 5.56 Å². The van der Waals surface area contributed by atoms with E-state index in [1.54, 1.807) is 11.5 Å². The van der Waals surface area contributed by atoms with E-state index in [0.717, 1.165) is 5.56 Å². The van der Waals surface area contributed by atoms with Crippen LogP contribution in [0.1, 0.15) is 12.5 Å². The lowest BCUT2D eigenvalue weighted by Crippen LogP contribution is -2.39. The van der Waals surface area contributed by atoms with Gasteiger partial charge in [0.2, 0.25) is 5.95 Å². The normalized spacial score (nSPS) is 15.4. The van der Waals surface area contributed by atoms with E-state index in [1.165, 1.54) is 13.4 Å². The van der Waals surface area contributed by atoms with Crippen LogP contribution < -0.4 is 11.3 Å². The summed E-state index contributed by atoms with van der Waals surface area (Å²) in [5.74, 6) is -0.0305. The average Bonchev–Trinajstić information content (AvgIpc) is 3.18. The highest BCUT2D eigenvalue weighted by Gasteiger charge is 2.31. The number of anilines is 1. The van der Waals surface area contributed by atoms with Crippen LogP contribution in [0, 0.1) is 0 Å². The first kappa shape index (κ1) is 25.0. The molecule has 4 N–H and O–H groups in total. The smallest absolute Gasteiger partial charge is 0.353 e. The number of hydrogen-bond donors (Lipinski definition) is 3. The molecule has 33 heavy (non-hydrogen) atoms. The number of nitrogens with zero attached hydrogens (tertiary/aromatic N) is 3. The standard InChI is InChI=1S/C20H28N5O7P/c1-20(11-29-2,31-10-15-6-4-3-5-7-15)12-32-33(27,28)14-30-9-8-25-13-22-16-17(25)23-19(21)24-18(16)26/h3-7,13H,8-12,14H2,1-2H3,(H,27,28)(H3,21,23,24,26)/t20-/m1/s1. The first-order chi connectivity index (χ1) is 15.7. The van der Waals surface area contributed by atoms with Crippen LogP contribution in [0.4, 0.5) is 5.95 Å². The number of aromatic nitrogens is 4. The summed E-state index contributed by atoms with van der Waals surface area (Å²) in [4.78, 5) is 32.4. The Kier molecular flexibility index (Phi) is 8.35. The van der Waals surface area contributed by atoms with Gasteiger partial charge in [-0.1, -0.05) is 30.3 Å². The number of benzene rings is 1. The molecule has 0 amide bonds. The zero-order valence-corrected chi connectivity index (χ0v) is 19.4. The van der Waals surface area contributed by atoms with Crippen molar-refractivity contribution in [1.29, 1.82) is 0 Å². The molecule has 0 spiro atoms. The zero-order chi connectivity index (χ0) is 23.9. The van der Waals surface area contributed by atoms with Crippen LogP contribution in [-0.4, -0.2) is 63.3 Å². The highest BCUT2D eigenvalue weighted by atomic mass is 31.2. The largest absolute Gasteiger partial charge is 0.382 e. The van der Waals surface area contributed by atoms with Gasteiger partial charge in [-0.05, 0) is 12.5 Å². The van der Waals surface area contributed by atoms with Gasteiger partial charge in [-0.15, -0.1) is 0 Å². The van der Waals surface area contributed by atoms with Crippen LogP contribution >= 0.6 is 7.60 Å². The molecular weight excluding hydrogens is 453 g/mol. The topological polar surface area (TPSA) is 164 Å². The van der Waals surface area contributed by atoms with E-state index >= 15 is 0 Å². The number of fused-ring (bicyclic) bond motifs is 1. The molecule has 180 valence electrons. The van der Waals surface area contributed by atoms with Crippen molar-refractivity contribution in [3.05, 3.63) is 52.6 Å². The molecule has 12 nitrogen and oxygen atoms in total. The van der Waals surface area contributed by atoms with E-state index < -0.39 is 25.1 Å². The second-order valence-corrected chi connectivity index (χ2v) is 9.46. The van der Waals surface area contributed by atoms with Gasteiger partial charge < -0.3 is 33.9 Å². The molecule has 3 rings (SSSR count). The molecule has 2 heterocycles. The van der Waals surface area contributed by atoms with Crippen molar-refractivity contribution in [3.63, 3.8) is 0 Å². The maximum Gasteiger partial charge on any atom is 0.353 e. The molecule has 0 aliphatic carbocycles. The van der Waals surface area contributed by atoms with Crippen molar-refractivity contribution in [2.75, 3.05) is 39.0 Å². The number of aromatic amines is 1. The Morgan fingerprint density at radius 2 is 2.03 bits per heavy atom. The van der Waals surface area contributed by atoms with Crippen molar-refractivity contribution < 1.29 is 28.2 Å². The fourth-order valence-corrected chi connectivity index (χ4v) is 3.92. The Bertz CT molecular complexity index is 1150. The Balaban J connectivity index is 1.48. The summed E-state index contributed by atoms with van der Waals surface area (Å²) in [6, 6.07) is 9.55. The number of nitrogen functional groups attached to an aromatic ring is 1. The van der Waals surface area contributed by atoms with Crippen LogP contribution in [0.15, 0.2) is 41.5 Å². The summed E-state index contributed by atoms with van der Waals surface area (Å²) in [5.41, 5.74) is 5.59. The third-order valence-electron chi connectivity index (χ3n) is 4.68. The van der Waals surface area contributed by atoms with E-state index in [4.69, 9.17) is 24.5 Å². The highest BCUT2D eigenvalue weighted by molar-refractivity contribution is 7.52. The fraction of sp³-hybridized carbons (Fsp3) is 0.450. The van der Waals surface area contributed by atoms with Crippen LogP contribution in [0.5, 0.6) is 0 Å². The van der Waals surface area contributed by atoms with E-state index in [1.807, 2.05) is 30.3 Å². The predicted octanol–water partition coefficient (Wildman–Crippen LogP) is 1.50. The van der Waals surface area contributed by atoms with Crippen molar-refractivity contribution in [2.24, 2.45) is 0 Å². The van der Waals surface area contributed by atoms with Crippen LogP contribution in [0.2, 0.25) is 0 Å². The molecule has 0 saturated carbocycles. The molecule has 1 unspecified atom stereocenters. The van der Waals surface area contributed by atoms with Gasteiger partial charge in [0, 0.05) is 13.7 Å². The maximum absolute atomic E-state index is 12.4. The first-order valence-electron chi connectivity index (χ1n) is 10.1. The molecule has 0 radical (unpaired) electrons. The summed E-state index contributed by atoms with van der Waals surface area (Å²) in [6.07, 6.45) is 0.905. The quantitative estimate of drug-likeness (QED) is 0.241. The van der Waals surface area contributed by atoms with Crippen molar-refractivity contribution >= 4 is 24.7 Å². The molecule has 0 aliphatic heterocycles. The summed E-state index contributed by atoms with van der Waals surface area (Å²) >= 11 is 0. The molecule has 0 fully saturated rings. The number of nitrogens with one attached hydrogen (secondary N) is 1. The van der Waals surface area contributed by atoms with Crippen molar-refractivity contribution in [1.82, 2.24) is 19.5 Å². The Hall–Kier alpha value is -2.60. The Labute approximate surface area is 190 Å². The maximum atomic E-state index is 12.4. The lowest BCUT2D eigenvalue weighted by Gasteiger charge is -2.29. The minimum atomic E-state index is -4.05. The monoisotopic (exact) mass is 481 g/mol. The second-order valence-electron chi connectivity index (χ2n) is 7.67. The number of nitrogens with two attached hydrogens (primary N) is 1. The molecule has 13 heteroatoms. The fourth-order valence-electron chi connectivity index (χ4n) is 3.01. The molecule has 3 aromatic rings. The number of hydrogen-bond acceptors (Lipinski definition) is 9. The van der Waals surface area contributed by atoms with E-state index in [9.17, 15) is 14.3 Å². The van der Waals surface area contributed by atoms with Gasteiger partial charge in [-0.25, -0.2) is 4.98 Å². The van der Waals surface area contributed by atoms with Crippen LogP contribution in [-0.2, 0) is 36.5 Å². The van der Waals surface area contributed by atoms with E-state index in [2.05, 4.69) is 15.0 Å². The third-order valence-corrected chi connectivity index (χ3v) is 5.72. The first-order valence-corrected chi connectivity index (χ1v) is 11.9. The Morgan fingerprint density at radius 3 is 2.76 bits per heavy atom. The minimum absolute atomic E-state index is 0.0305. The van der Waals surface area contributed by atoms with Crippen LogP contribution in [0.25, 0.3) is 11.2 Å². The molecule has 0 saturated heterocycles. The van der Waals surface area contributed by atoms with E-state index in [0.29, 0.717) is 12.3 Å². The SMILES string of the molecule is COC[C@](C)(COP(=O)(O)COCCn1cnc2c(=O)[nH]c(N)nc21)OCc1ccccc1. The lowest BCUT2D eigenvalue weighted by molar-refractivity contribution is -0.109. The predicted molar refractivity (Wildman–Crippen MR) is 121 cm³/mol. The van der Waals surface area contributed by atoms with Gasteiger partial charge in [0.15, 0.2) is 11.2 Å². The molecule has 0 aliphatic rings. The van der Waals surface area contributed by atoms with Gasteiger partial charge in [0.1, 0.15) is 11.9 Å². The number of imidazole rings is 1. The molecular formula is C20H28N5O7P. The zero-order valence-electron chi connectivity index (χ0n) is 18.5. The van der Waals surface area contributed by atoms with Gasteiger partial charge in [-0.3, -0.25) is 14.3 Å². The number of methoxy groups -OCH3 is 1. The van der Waals surface area contributed by atoms with Gasteiger partial charge in [0.05, 0.1) is 32.8 Å². The van der Waals surface area contributed by atoms with Crippen molar-refractivity contribution in [2.45, 2.75) is 25.7 Å². The van der Waals surface area contributed by atoms with Crippen molar-refractivity contribution in [3.8, 4) is 0 Å². The Morgan fingerprint density at radius 1 is 1.27 bits per heavy atom. The third kappa shape index (κ3) is 7.19. The summed E-state index contributed by atoms with van der Waals surface area (Å²) in [7, 11) is -2.54. The number of H-pyrrole nitrogens is 1. The molecule has 1 aromatic carbocycles. The van der Waals surface area contributed by atoms with Gasteiger partial charge >= 0.3 is 7.60 Å². The lowest BCUT2D eigenvalue weighted by atomic mass is 10.1. The van der Waals surface area contributed by atoms with Gasteiger partial charge in [-0.2, -0.15) is 4.98 Å². The molecule has 0 bridgehead atoms. The minimum Gasteiger partial charge on any atom is -0.382 e. The summed E-state index contributed by atoms with van der Waals surface area (Å²) in [6.45, 7) is 2.36. The second kappa shape index (κ2) is 11.0. The summed E-state index contributed by atoms with van der Waals surface area (Å²) in [5, 5.41) is 0. The molecule has 2 atom stereocenters. The summed E-state index contributed by atoms with van der Waals surface area (Å²) < 4.78 is 35.7. The van der Waals surface area contributed by atoms with Crippen LogP contribution in [0.3, 0.4) is 0 Å². The average molecular weight is 481 g/mol. The molecule has 2 aromatic heterocycles. The number of ether oxygens (including phenoxy) is 3. The number of rotatable bonds is 13.